The third-order valence-corrected chi connectivity index (χ3v) is 2.97. The van der Waals surface area contributed by atoms with Crippen molar-refractivity contribution in [3.63, 3.8) is 0 Å². The van der Waals surface area contributed by atoms with Crippen molar-refractivity contribution in [3.8, 4) is 0 Å². The first-order chi connectivity index (χ1) is 7.77. The van der Waals surface area contributed by atoms with Gasteiger partial charge in [-0.1, -0.05) is 13.8 Å². The first-order valence-corrected chi connectivity index (χ1v) is 5.08. The maximum absolute atomic E-state index is 11.7. The van der Waals surface area contributed by atoms with Gasteiger partial charge in [-0.2, -0.15) is 0 Å². The largest absolute Gasteiger partial charge is 0.481 e. The van der Waals surface area contributed by atoms with Crippen LogP contribution < -0.4 is 0 Å². The molecule has 3 atom stereocenters. The molecule has 3 unspecified atom stereocenters. The molecule has 0 saturated carbocycles. The van der Waals surface area contributed by atoms with E-state index in [1.54, 1.807) is 0 Å². The maximum atomic E-state index is 11.7. The van der Waals surface area contributed by atoms with Crippen LogP contribution >= 0.6 is 0 Å². The predicted molar refractivity (Wildman–Crippen MR) is 53.9 cm³/mol. The highest BCUT2D eigenvalue weighted by Gasteiger charge is 2.48. The maximum Gasteiger partial charge on any atom is 0.327 e. The van der Waals surface area contributed by atoms with Gasteiger partial charge in [-0.25, -0.2) is 4.79 Å². The molecule has 2 N–H and O–H groups in total. The van der Waals surface area contributed by atoms with Crippen molar-refractivity contribution in [3.05, 3.63) is 0 Å². The topological polar surface area (TPSA) is 112 Å². The van der Waals surface area contributed by atoms with E-state index in [2.05, 4.69) is 0 Å². The molecule has 1 rings (SSSR count). The summed E-state index contributed by atoms with van der Waals surface area (Å²) in [6.07, 6.45) is -0.785. The number of carbonyl (C=O) groups is 4. The summed E-state index contributed by atoms with van der Waals surface area (Å²) in [5.41, 5.74) is 0. The highest BCUT2D eigenvalue weighted by atomic mass is 16.4. The number of aliphatic carboxylic acids is 2. The van der Waals surface area contributed by atoms with Gasteiger partial charge in [0.25, 0.3) is 0 Å². The van der Waals surface area contributed by atoms with Crippen molar-refractivity contribution in [2.24, 2.45) is 11.8 Å². The van der Waals surface area contributed by atoms with Crippen LogP contribution in [0.25, 0.3) is 0 Å². The number of carboxylic acids is 2. The fraction of sp³-hybridized carbons (Fsp3) is 0.600. The minimum Gasteiger partial charge on any atom is -0.481 e. The first-order valence-electron chi connectivity index (χ1n) is 5.08. The Hall–Kier alpha value is -1.92. The molecule has 2 amide bonds. The van der Waals surface area contributed by atoms with Crippen molar-refractivity contribution >= 4 is 23.8 Å². The van der Waals surface area contributed by atoms with Gasteiger partial charge < -0.3 is 10.2 Å². The Morgan fingerprint density at radius 2 is 1.59 bits per heavy atom. The molecular weight excluding hydrogens is 230 g/mol. The van der Waals surface area contributed by atoms with Crippen molar-refractivity contribution in [1.29, 1.82) is 0 Å². The summed E-state index contributed by atoms with van der Waals surface area (Å²) >= 11 is 0. The summed E-state index contributed by atoms with van der Waals surface area (Å²) in [5, 5.41) is 17.5. The summed E-state index contributed by atoms with van der Waals surface area (Å²) in [7, 11) is 0. The highest BCUT2D eigenvalue weighted by molar-refractivity contribution is 6.07. The Labute approximate surface area is 97.0 Å². The van der Waals surface area contributed by atoms with E-state index in [9.17, 15) is 19.2 Å². The Bertz CT molecular complexity index is 370. The summed E-state index contributed by atoms with van der Waals surface area (Å²) in [5.74, 6) is -5.34. The number of nitrogens with zero attached hydrogens (tertiary/aromatic N) is 1. The van der Waals surface area contributed by atoms with E-state index >= 15 is 0 Å². The fourth-order valence-electron chi connectivity index (χ4n) is 1.74. The number of hydrogen-bond acceptors (Lipinski definition) is 4. The molecule has 0 radical (unpaired) electrons. The number of likely N-dealkylation sites (tertiary alicyclic amines) is 1. The molecule has 1 aliphatic rings. The summed E-state index contributed by atoms with van der Waals surface area (Å²) in [6.45, 7) is 3.04. The normalized spacial score (nSPS) is 26.1. The van der Waals surface area contributed by atoms with Crippen LogP contribution in [0, 0.1) is 11.8 Å². The van der Waals surface area contributed by atoms with Gasteiger partial charge in [-0.15, -0.1) is 0 Å². The van der Waals surface area contributed by atoms with E-state index in [-0.39, 0.29) is 0 Å². The molecule has 0 aromatic heterocycles. The second-order valence-corrected chi connectivity index (χ2v) is 4.08. The van der Waals surface area contributed by atoms with Crippen LogP contribution in [-0.2, 0) is 19.2 Å². The zero-order valence-electron chi connectivity index (χ0n) is 9.41. The lowest BCUT2D eigenvalue weighted by Gasteiger charge is -2.21. The smallest absolute Gasteiger partial charge is 0.327 e. The molecule has 94 valence electrons. The zero-order valence-corrected chi connectivity index (χ0v) is 9.41. The minimum absolute atomic E-state index is 0.561. The third-order valence-electron chi connectivity index (χ3n) is 2.97. The van der Waals surface area contributed by atoms with Crippen LogP contribution in [0.3, 0.4) is 0 Å². The zero-order chi connectivity index (χ0) is 13.3. The van der Waals surface area contributed by atoms with Crippen LogP contribution in [-0.4, -0.2) is 44.9 Å². The van der Waals surface area contributed by atoms with Gasteiger partial charge >= 0.3 is 11.9 Å². The second-order valence-electron chi connectivity index (χ2n) is 4.08. The van der Waals surface area contributed by atoms with Crippen LogP contribution in [0.2, 0.25) is 0 Å². The number of amides is 2. The van der Waals surface area contributed by atoms with Crippen molar-refractivity contribution in [2.75, 3.05) is 0 Å². The molecule has 1 fully saturated rings. The third kappa shape index (κ3) is 2.27. The lowest BCUT2D eigenvalue weighted by molar-refractivity contribution is -0.158. The molecular formula is C10H13NO6. The van der Waals surface area contributed by atoms with Crippen molar-refractivity contribution < 1.29 is 29.4 Å². The molecule has 17 heavy (non-hydrogen) atoms. The van der Waals surface area contributed by atoms with E-state index in [0.717, 1.165) is 0 Å². The van der Waals surface area contributed by atoms with Gasteiger partial charge in [0.2, 0.25) is 11.8 Å². The average molecular weight is 243 g/mol. The van der Waals surface area contributed by atoms with E-state index < -0.39 is 48.1 Å². The van der Waals surface area contributed by atoms with Crippen molar-refractivity contribution in [1.82, 2.24) is 4.90 Å². The molecule has 1 heterocycles. The van der Waals surface area contributed by atoms with E-state index in [1.807, 2.05) is 0 Å². The van der Waals surface area contributed by atoms with Gasteiger partial charge in [-0.05, 0) is 0 Å². The molecule has 0 aliphatic carbocycles. The quantitative estimate of drug-likeness (QED) is 0.647. The predicted octanol–water partition coefficient (Wildman–Crippen LogP) is -0.445. The number of carboxylic acid groups (broad SMARTS) is 2. The highest BCUT2D eigenvalue weighted by Crippen LogP contribution is 2.28. The summed E-state index contributed by atoms with van der Waals surface area (Å²) in [4.78, 5) is 45.4. The SMILES string of the molecule is CC1C(=O)N(C(CC(=O)O)C(=O)O)C(=O)C1C. The monoisotopic (exact) mass is 243 g/mol. The number of carbonyl (C=O) groups excluding carboxylic acids is 2. The van der Waals surface area contributed by atoms with Crippen LogP contribution in [0.15, 0.2) is 0 Å². The Balaban J connectivity index is 3.03. The molecule has 0 aromatic carbocycles. The van der Waals surface area contributed by atoms with Crippen LogP contribution in [0.4, 0.5) is 0 Å². The van der Waals surface area contributed by atoms with Crippen LogP contribution in [0.1, 0.15) is 20.3 Å². The van der Waals surface area contributed by atoms with E-state index in [0.29, 0.717) is 4.90 Å². The van der Waals surface area contributed by atoms with Gasteiger partial charge in [-0.3, -0.25) is 19.3 Å². The standard InChI is InChI=1S/C10H13NO6/c1-4-5(2)9(15)11(8(4)14)6(10(16)17)3-7(12)13/h4-6H,3H2,1-2H3,(H,12,13)(H,16,17). The van der Waals surface area contributed by atoms with Gasteiger partial charge in [0.05, 0.1) is 6.42 Å². The van der Waals surface area contributed by atoms with Crippen molar-refractivity contribution in [2.45, 2.75) is 26.3 Å². The molecule has 1 saturated heterocycles. The van der Waals surface area contributed by atoms with Gasteiger partial charge in [0.1, 0.15) is 6.04 Å². The van der Waals surface area contributed by atoms with Gasteiger partial charge in [0, 0.05) is 11.8 Å². The number of imide groups is 1. The minimum atomic E-state index is -1.63. The molecule has 0 spiro atoms. The Morgan fingerprint density at radius 3 is 1.88 bits per heavy atom. The lowest BCUT2D eigenvalue weighted by atomic mass is 10.00. The van der Waals surface area contributed by atoms with E-state index in [4.69, 9.17) is 10.2 Å². The molecule has 0 aromatic rings. The average Bonchev–Trinajstić information content (AvgIpc) is 2.40. The second kappa shape index (κ2) is 4.52. The molecule has 1 aliphatic heterocycles. The van der Waals surface area contributed by atoms with E-state index in [1.165, 1.54) is 13.8 Å². The number of rotatable bonds is 4. The molecule has 7 heteroatoms. The molecule has 7 nitrogen and oxygen atoms in total. The fourth-order valence-corrected chi connectivity index (χ4v) is 1.74. The Kier molecular flexibility index (Phi) is 3.50. The first kappa shape index (κ1) is 13.1. The van der Waals surface area contributed by atoms with Crippen LogP contribution in [0.5, 0.6) is 0 Å². The lowest BCUT2D eigenvalue weighted by Crippen LogP contribution is -2.46. The Morgan fingerprint density at radius 1 is 1.18 bits per heavy atom. The number of hydrogen-bond donors (Lipinski definition) is 2. The molecule has 0 bridgehead atoms. The summed E-state index contributed by atoms with van der Waals surface area (Å²) in [6, 6.07) is -1.63. The summed E-state index contributed by atoms with van der Waals surface area (Å²) < 4.78 is 0. The van der Waals surface area contributed by atoms with Gasteiger partial charge in [0.15, 0.2) is 0 Å².